The fourth-order valence-corrected chi connectivity index (χ4v) is 1.45. The monoisotopic (exact) mass is 212 g/mol. The molecule has 0 aromatic carbocycles. The van der Waals surface area contributed by atoms with Crippen molar-refractivity contribution in [3.05, 3.63) is 0 Å². The second-order valence-electron chi connectivity index (χ2n) is 2.90. The molecule has 0 amide bonds. The lowest BCUT2D eigenvalue weighted by molar-refractivity contribution is -0.121. The van der Waals surface area contributed by atoms with Gasteiger partial charge in [-0.15, -0.1) is 0 Å². The van der Waals surface area contributed by atoms with Gasteiger partial charge < -0.3 is 9.79 Å². The van der Waals surface area contributed by atoms with Crippen LogP contribution in [0.1, 0.15) is 26.2 Å². The summed E-state index contributed by atoms with van der Waals surface area (Å²) >= 11 is 0. The Morgan fingerprint density at radius 3 is 2.46 bits per heavy atom. The van der Waals surface area contributed by atoms with Crippen molar-refractivity contribution in [2.24, 2.45) is 0 Å². The normalized spacial score (nSPS) is 14.2. The number of alkyl halides is 1. The molecule has 13 heavy (non-hydrogen) atoms. The van der Waals surface area contributed by atoms with E-state index >= 15 is 0 Å². The van der Waals surface area contributed by atoms with Gasteiger partial charge in [0.05, 0.1) is 0 Å². The van der Waals surface area contributed by atoms with Gasteiger partial charge in [-0.2, -0.15) is 0 Å². The summed E-state index contributed by atoms with van der Waals surface area (Å²) in [6.45, 7) is 1.85. The summed E-state index contributed by atoms with van der Waals surface area (Å²) in [5, 5.41) is 0. The van der Waals surface area contributed by atoms with Crippen molar-refractivity contribution < 1.29 is 23.5 Å². The topological polar surface area (TPSA) is 74.6 Å². The maximum atomic E-state index is 12.8. The van der Waals surface area contributed by atoms with Crippen molar-refractivity contribution in [2.45, 2.75) is 32.4 Å². The number of halogens is 1. The van der Waals surface area contributed by atoms with Gasteiger partial charge in [0.2, 0.25) is 0 Å². The average Bonchev–Trinajstić information content (AvgIpc) is 1.96. The number of ketones is 1. The Bertz CT molecular complexity index is 213. The lowest BCUT2D eigenvalue weighted by atomic mass is 10.1. The van der Waals surface area contributed by atoms with Crippen molar-refractivity contribution in [1.82, 2.24) is 0 Å². The molecule has 4 nitrogen and oxygen atoms in total. The molecule has 0 saturated carbocycles. The van der Waals surface area contributed by atoms with E-state index in [0.29, 0.717) is 6.42 Å². The average molecular weight is 212 g/mol. The minimum Gasteiger partial charge on any atom is -0.324 e. The molecule has 0 aliphatic heterocycles. The zero-order chi connectivity index (χ0) is 10.5. The van der Waals surface area contributed by atoms with Crippen molar-refractivity contribution >= 4 is 13.4 Å². The third-order valence-electron chi connectivity index (χ3n) is 1.52. The highest BCUT2D eigenvalue weighted by Gasteiger charge is 2.25. The van der Waals surface area contributed by atoms with Gasteiger partial charge in [-0.3, -0.25) is 9.36 Å². The second-order valence-corrected chi connectivity index (χ2v) is 4.54. The fraction of sp³-hybridized carbons (Fsp3) is 0.857. The summed E-state index contributed by atoms with van der Waals surface area (Å²) in [6, 6.07) is 0. The smallest absolute Gasteiger partial charge is 0.324 e. The zero-order valence-electron chi connectivity index (χ0n) is 7.44. The largest absolute Gasteiger partial charge is 0.333 e. The third kappa shape index (κ3) is 6.87. The van der Waals surface area contributed by atoms with Gasteiger partial charge in [-0.25, -0.2) is 4.39 Å². The van der Waals surface area contributed by atoms with Crippen molar-refractivity contribution in [3.63, 3.8) is 0 Å². The molecule has 0 bridgehead atoms. The zero-order valence-corrected chi connectivity index (χ0v) is 8.34. The van der Waals surface area contributed by atoms with Gasteiger partial charge in [0.1, 0.15) is 6.16 Å². The predicted molar refractivity (Wildman–Crippen MR) is 46.3 cm³/mol. The van der Waals surface area contributed by atoms with Gasteiger partial charge >= 0.3 is 7.60 Å². The Balaban J connectivity index is 3.90. The molecule has 6 heteroatoms. The number of hydrogen-bond donors (Lipinski definition) is 2. The summed E-state index contributed by atoms with van der Waals surface area (Å²) in [5.41, 5.74) is 0. The van der Waals surface area contributed by atoms with Crippen LogP contribution >= 0.6 is 7.60 Å². The first-order valence-electron chi connectivity index (χ1n) is 4.08. The van der Waals surface area contributed by atoms with Crippen LogP contribution in [0.2, 0.25) is 0 Å². The molecule has 0 unspecified atom stereocenters. The molecule has 0 aromatic heterocycles. The van der Waals surface area contributed by atoms with E-state index in [2.05, 4.69) is 0 Å². The van der Waals surface area contributed by atoms with E-state index in [1.165, 1.54) is 0 Å². The van der Waals surface area contributed by atoms with E-state index in [1.54, 1.807) is 0 Å². The third-order valence-corrected chi connectivity index (χ3v) is 2.25. The van der Waals surface area contributed by atoms with E-state index in [-0.39, 0.29) is 6.42 Å². The number of unbranched alkanes of at least 4 members (excludes halogenated alkanes) is 1. The summed E-state index contributed by atoms with van der Waals surface area (Å²) in [5.74, 6) is -0.998. The van der Waals surface area contributed by atoms with Crippen LogP contribution in [-0.4, -0.2) is 27.9 Å². The molecule has 1 atom stereocenters. The van der Waals surface area contributed by atoms with E-state index in [4.69, 9.17) is 9.79 Å². The SMILES string of the molecule is CCCC[C@H](F)C(=O)CP(=O)(O)O. The lowest BCUT2D eigenvalue weighted by Gasteiger charge is -2.06. The number of carbonyl (C=O) groups is 1. The standard InChI is InChI=1S/C7H14FO4P/c1-2-3-4-6(8)7(9)5-13(10,11)12/h6H,2-5H2,1H3,(H2,10,11,12)/t6-/m0/s1. The van der Waals surface area contributed by atoms with Crippen molar-refractivity contribution in [2.75, 3.05) is 6.16 Å². The van der Waals surface area contributed by atoms with Gasteiger partial charge in [0.15, 0.2) is 12.0 Å². The molecular weight excluding hydrogens is 198 g/mol. The molecular formula is C7H14FO4P. The molecule has 0 aliphatic carbocycles. The minimum atomic E-state index is -4.40. The van der Waals surface area contributed by atoms with Crippen LogP contribution in [0.5, 0.6) is 0 Å². The molecule has 78 valence electrons. The Labute approximate surface area is 76.3 Å². The quantitative estimate of drug-likeness (QED) is 0.650. The van der Waals surface area contributed by atoms with E-state index < -0.39 is 25.7 Å². The summed E-state index contributed by atoms with van der Waals surface area (Å²) in [6.07, 6.45) is -1.36. The molecule has 0 fully saturated rings. The number of carbonyl (C=O) groups excluding carboxylic acids is 1. The Kier molecular flexibility index (Phi) is 5.37. The van der Waals surface area contributed by atoms with Gasteiger partial charge in [-0.1, -0.05) is 19.8 Å². The number of rotatable bonds is 6. The molecule has 0 aromatic rings. The van der Waals surface area contributed by atoms with Crippen LogP contribution in [0.4, 0.5) is 4.39 Å². The van der Waals surface area contributed by atoms with E-state index in [9.17, 15) is 13.8 Å². The maximum absolute atomic E-state index is 12.8. The minimum absolute atomic E-state index is 0.0509. The maximum Gasteiger partial charge on any atom is 0.333 e. The summed E-state index contributed by atoms with van der Waals surface area (Å²) in [4.78, 5) is 27.6. The van der Waals surface area contributed by atoms with E-state index in [1.807, 2.05) is 6.92 Å². The molecule has 0 spiro atoms. The predicted octanol–water partition coefficient (Wildman–Crippen LogP) is 1.26. The van der Waals surface area contributed by atoms with Crippen LogP contribution < -0.4 is 0 Å². The summed E-state index contributed by atoms with van der Waals surface area (Å²) in [7, 11) is -4.40. The molecule has 0 radical (unpaired) electrons. The highest BCUT2D eigenvalue weighted by atomic mass is 31.2. The van der Waals surface area contributed by atoms with Crippen LogP contribution in [0, 0.1) is 0 Å². The Hall–Kier alpha value is -0.250. The lowest BCUT2D eigenvalue weighted by Crippen LogP contribution is -2.19. The van der Waals surface area contributed by atoms with Crippen LogP contribution in [-0.2, 0) is 9.36 Å². The highest BCUT2D eigenvalue weighted by Crippen LogP contribution is 2.34. The molecule has 2 N–H and O–H groups in total. The van der Waals surface area contributed by atoms with Crippen LogP contribution in [0.25, 0.3) is 0 Å². The Morgan fingerprint density at radius 2 is 2.08 bits per heavy atom. The fourth-order valence-electron chi connectivity index (χ4n) is 0.846. The van der Waals surface area contributed by atoms with Crippen molar-refractivity contribution in [1.29, 1.82) is 0 Å². The summed E-state index contributed by atoms with van der Waals surface area (Å²) < 4.78 is 23.1. The second kappa shape index (κ2) is 5.47. The molecule has 0 heterocycles. The van der Waals surface area contributed by atoms with Gasteiger partial charge in [-0.05, 0) is 6.42 Å². The first-order chi connectivity index (χ1) is 5.87. The molecule has 0 rings (SSSR count). The molecule has 0 saturated heterocycles. The highest BCUT2D eigenvalue weighted by molar-refractivity contribution is 7.52. The molecule has 0 aliphatic rings. The van der Waals surface area contributed by atoms with Gasteiger partial charge in [0, 0.05) is 0 Å². The Morgan fingerprint density at radius 1 is 1.54 bits per heavy atom. The van der Waals surface area contributed by atoms with Crippen LogP contribution in [0.3, 0.4) is 0 Å². The number of Topliss-reactive ketones (excluding diaryl/α,β-unsaturated/α-hetero) is 1. The first kappa shape index (κ1) is 12.8. The first-order valence-corrected chi connectivity index (χ1v) is 5.88. The van der Waals surface area contributed by atoms with Gasteiger partial charge in [0.25, 0.3) is 0 Å². The van der Waals surface area contributed by atoms with E-state index in [0.717, 1.165) is 6.42 Å². The van der Waals surface area contributed by atoms with Crippen LogP contribution in [0.15, 0.2) is 0 Å². The number of hydrogen-bond acceptors (Lipinski definition) is 2. The van der Waals surface area contributed by atoms with Crippen molar-refractivity contribution in [3.8, 4) is 0 Å².